The molecule has 0 radical (unpaired) electrons. The van der Waals surface area contributed by atoms with Crippen LogP contribution in [-0.2, 0) is 20.3 Å². The maximum absolute atomic E-state index is 12.5. The van der Waals surface area contributed by atoms with Gasteiger partial charge < -0.3 is 24.5 Å². The van der Waals surface area contributed by atoms with E-state index >= 15 is 0 Å². The number of allylic oxidation sites excluding steroid dienone is 2. The van der Waals surface area contributed by atoms with E-state index in [1.54, 1.807) is 7.05 Å². The standard InChI is InChI=1S/C16H20N3OS.C8H14O3.Na/c1-11(2)9-12(3)15(17-4)10-21(20)16-18-13-7-5-6-8-14(13)19-16;9-7-1-3-8(4-2-7)10-5-6-11-8;/h5-9,11H,10H2,1-4H3;7,9H,1-6H2;/q-1;;+1/b12-9-,17-15?;;. The predicted octanol–water partition coefficient (Wildman–Crippen LogP) is 0.641. The van der Waals surface area contributed by atoms with Gasteiger partial charge in [0.15, 0.2) is 5.79 Å². The van der Waals surface area contributed by atoms with Crippen LogP contribution in [0.5, 0.6) is 0 Å². The minimum atomic E-state index is -1.28. The molecule has 1 aromatic carbocycles. The fraction of sp³-hybridized carbons (Fsp3) is 0.583. The number of para-hydroxylation sites is 2. The number of aromatic nitrogens is 2. The van der Waals surface area contributed by atoms with Crippen molar-refractivity contribution in [2.45, 2.75) is 63.5 Å². The minimum Gasteiger partial charge on any atom is -0.428 e. The summed E-state index contributed by atoms with van der Waals surface area (Å²) in [6.45, 7) is 7.66. The first-order valence-corrected chi connectivity index (χ1v) is 12.5. The number of imidazole rings is 1. The summed E-state index contributed by atoms with van der Waals surface area (Å²) in [5.74, 6) is 0.481. The van der Waals surface area contributed by atoms with Crippen LogP contribution in [0.1, 0.15) is 46.5 Å². The first-order valence-electron chi connectivity index (χ1n) is 11.2. The molecule has 2 aliphatic rings. The van der Waals surface area contributed by atoms with Gasteiger partial charge in [0.2, 0.25) is 0 Å². The van der Waals surface area contributed by atoms with Gasteiger partial charge in [-0.2, -0.15) is 0 Å². The van der Waals surface area contributed by atoms with Crippen molar-refractivity contribution in [3.8, 4) is 0 Å². The van der Waals surface area contributed by atoms with E-state index in [4.69, 9.17) is 9.47 Å². The van der Waals surface area contributed by atoms with Crippen LogP contribution in [-0.4, -0.2) is 57.9 Å². The average molecular weight is 484 g/mol. The average Bonchev–Trinajstić information content (AvgIpc) is 3.41. The summed E-state index contributed by atoms with van der Waals surface area (Å²) in [6.07, 6.45) is 5.35. The van der Waals surface area contributed by atoms with Crippen molar-refractivity contribution in [2.24, 2.45) is 10.9 Å². The van der Waals surface area contributed by atoms with E-state index in [1.807, 2.05) is 31.2 Å². The van der Waals surface area contributed by atoms with Crippen LogP contribution in [0.3, 0.4) is 0 Å². The van der Waals surface area contributed by atoms with E-state index in [2.05, 4.69) is 34.9 Å². The first kappa shape index (κ1) is 28.4. The zero-order valence-corrected chi connectivity index (χ0v) is 23.2. The summed E-state index contributed by atoms with van der Waals surface area (Å²) in [5.41, 5.74) is 3.48. The van der Waals surface area contributed by atoms with Gasteiger partial charge in [-0.05, 0) is 42.3 Å². The topological polar surface area (TPSA) is 95.1 Å². The predicted molar refractivity (Wildman–Crippen MR) is 127 cm³/mol. The number of ether oxygens (including phenoxy) is 2. The van der Waals surface area contributed by atoms with Crippen LogP contribution in [0.25, 0.3) is 11.0 Å². The molecule has 0 amide bonds. The monoisotopic (exact) mass is 483 g/mol. The molecular weight excluding hydrogens is 449 g/mol. The Morgan fingerprint density at radius 3 is 2.52 bits per heavy atom. The second-order valence-electron chi connectivity index (χ2n) is 8.59. The van der Waals surface area contributed by atoms with Crippen LogP contribution >= 0.6 is 0 Å². The van der Waals surface area contributed by atoms with Gasteiger partial charge in [0, 0.05) is 30.8 Å². The van der Waals surface area contributed by atoms with E-state index in [0.717, 1.165) is 61.2 Å². The van der Waals surface area contributed by atoms with Gasteiger partial charge in [0.1, 0.15) is 0 Å². The molecule has 1 aliphatic heterocycles. The van der Waals surface area contributed by atoms with Gasteiger partial charge in [-0.25, -0.2) is 0 Å². The number of aliphatic hydroxyl groups is 1. The van der Waals surface area contributed by atoms with Crippen LogP contribution in [0.4, 0.5) is 0 Å². The Labute approximate surface area is 221 Å². The summed E-state index contributed by atoms with van der Waals surface area (Å²) in [4.78, 5) is 12.9. The quantitative estimate of drug-likeness (QED) is 0.496. The van der Waals surface area contributed by atoms with Gasteiger partial charge in [0.25, 0.3) is 0 Å². The summed E-state index contributed by atoms with van der Waals surface area (Å²) in [7, 11) is 0.453. The molecule has 1 atom stereocenters. The van der Waals surface area contributed by atoms with Gasteiger partial charge >= 0.3 is 29.6 Å². The third-order valence-corrected chi connectivity index (χ3v) is 6.75. The molecule has 2 heterocycles. The van der Waals surface area contributed by atoms with Crippen LogP contribution < -0.4 is 34.5 Å². The molecule has 176 valence electrons. The molecule has 2 aromatic rings. The molecule has 9 heteroatoms. The largest absolute Gasteiger partial charge is 1.00 e. The second-order valence-corrected chi connectivity index (χ2v) is 9.93. The molecule has 1 aliphatic carbocycles. The maximum atomic E-state index is 12.5. The van der Waals surface area contributed by atoms with Crippen molar-refractivity contribution in [1.82, 2.24) is 9.97 Å². The number of aliphatic hydroxyl groups excluding tert-OH is 1. The third-order valence-electron chi connectivity index (χ3n) is 5.62. The molecule has 1 N–H and O–H groups in total. The SMILES string of the molecule is CN=C(CS(=O)c1nc2ccccc2[n-]1)/C(C)=C\C(C)C.OC1CCC2(CC1)OCCO2.[Na+]. The summed E-state index contributed by atoms with van der Waals surface area (Å²) >= 11 is 0. The zero-order chi connectivity index (χ0) is 23.1. The number of hydrogen-bond donors (Lipinski definition) is 1. The Bertz CT molecular complexity index is 940. The molecule has 1 saturated carbocycles. The van der Waals surface area contributed by atoms with Crippen molar-refractivity contribution in [3.63, 3.8) is 0 Å². The van der Waals surface area contributed by atoms with E-state index in [1.165, 1.54) is 0 Å². The Morgan fingerprint density at radius 1 is 1.30 bits per heavy atom. The van der Waals surface area contributed by atoms with E-state index < -0.39 is 10.8 Å². The Kier molecular flexibility index (Phi) is 11.4. The van der Waals surface area contributed by atoms with Crippen molar-refractivity contribution in [3.05, 3.63) is 35.9 Å². The Morgan fingerprint density at radius 2 is 1.94 bits per heavy atom. The van der Waals surface area contributed by atoms with Crippen molar-refractivity contribution >= 4 is 27.5 Å². The Hall–Kier alpha value is -0.870. The first-order chi connectivity index (χ1) is 15.3. The molecule has 1 unspecified atom stereocenters. The molecule has 4 rings (SSSR count). The number of nitrogens with zero attached hydrogens (tertiary/aromatic N) is 3. The number of fused-ring (bicyclic) bond motifs is 1. The molecule has 1 spiro atoms. The van der Waals surface area contributed by atoms with Gasteiger partial charge in [0.05, 0.1) is 35.9 Å². The van der Waals surface area contributed by atoms with E-state index in [-0.39, 0.29) is 41.4 Å². The maximum Gasteiger partial charge on any atom is 1.00 e. The number of aliphatic imine (C=N–C) groups is 1. The normalized spacial score (nSPS) is 19.9. The van der Waals surface area contributed by atoms with E-state index in [9.17, 15) is 9.32 Å². The number of hydrogen-bond acceptors (Lipinski definition) is 6. The Balaban J connectivity index is 0.000000270. The third kappa shape index (κ3) is 8.09. The number of rotatable bonds is 5. The number of benzene rings is 1. The molecular formula is C24H34N3NaO4S. The fourth-order valence-electron chi connectivity index (χ4n) is 3.95. The van der Waals surface area contributed by atoms with Gasteiger partial charge in [-0.15, -0.1) is 0 Å². The van der Waals surface area contributed by atoms with E-state index in [0.29, 0.717) is 16.8 Å². The van der Waals surface area contributed by atoms with Crippen LogP contribution in [0.15, 0.2) is 46.1 Å². The van der Waals surface area contributed by atoms with Gasteiger partial charge in [-0.3, -0.25) is 9.20 Å². The smallest absolute Gasteiger partial charge is 0.428 e. The minimum absolute atomic E-state index is 0. The van der Waals surface area contributed by atoms with Gasteiger partial charge in [-0.1, -0.05) is 44.2 Å². The van der Waals surface area contributed by atoms with Crippen molar-refractivity contribution < 1.29 is 48.3 Å². The molecule has 0 bridgehead atoms. The summed E-state index contributed by atoms with van der Waals surface area (Å²) in [6, 6.07) is 7.56. The summed E-state index contributed by atoms with van der Waals surface area (Å²) in [5, 5.41) is 9.63. The fourth-order valence-corrected chi connectivity index (χ4v) is 5.09. The summed E-state index contributed by atoms with van der Waals surface area (Å²) < 4.78 is 23.4. The zero-order valence-electron chi connectivity index (χ0n) is 20.4. The van der Waals surface area contributed by atoms with Crippen molar-refractivity contribution in [1.29, 1.82) is 0 Å². The van der Waals surface area contributed by atoms with Crippen LogP contribution in [0.2, 0.25) is 0 Å². The van der Waals surface area contributed by atoms with Crippen molar-refractivity contribution in [2.75, 3.05) is 26.0 Å². The van der Waals surface area contributed by atoms with Crippen LogP contribution in [0, 0.1) is 5.92 Å². The second kappa shape index (κ2) is 13.3. The molecule has 2 fully saturated rings. The molecule has 1 saturated heterocycles. The molecule has 1 aromatic heterocycles. The molecule has 33 heavy (non-hydrogen) atoms. The molecule has 7 nitrogen and oxygen atoms in total.